The maximum Gasteiger partial charge on any atom is 0.340 e. The Labute approximate surface area is 206 Å². The van der Waals surface area contributed by atoms with Crippen molar-refractivity contribution in [2.75, 3.05) is 17.2 Å². The average molecular weight is 486 g/mol. The van der Waals surface area contributed by atoms with Crippen molar-refractivity contribution in [3.05, 3.63) is 90.3 Å². The number of carbonyl (C=O) groups is 3. The van der Waals surface area contributed by atoms with Crippen molar-refractivity contribution in [1.29, 1.82) is 0 Å². The van der Waals surface area contributed by atoms with Gasteiger partial charge in [0.05, 0.1) is 16.9 Å². The number of aryl methyl sites for hydroxylation is 1. The number of aromatic nitrogens is 4. The van der Waals surface area contributed by atoms with Gasteiger partial charge in [0.25, 0.3) is 5.91 Å². The van der Waals surface area contributed by atoms with Gasteiger partial charge in [-0.05, 0) is 53.7 Å². The third kappa shape index (κ3) is 6.50. The van der Waals surface area contributed by atoms with Gasteiger partial charge in [0.15, 0.2) is 12.4 Å². The molecule has 0 atom stereocenters. The van der Waals surface area contributed by atoms with Crippen LogP contribution in [0.5, 0.6) is 11.5 Å². The molecule has 11 nitrogen and oxygen atoms in total. The van der Waals surface area contributed by atoms with Crippen LogP contribution in [0.1, 0.15) is 15.9 Å². The lowest BCUT2D eigenvalue weighted by molar-refractivity contribution is -0.119. The topological polar surface area (TPSA) is 137 Å². The van der Waals surface area contributed by atoms with E-state index in [1.54, 1.807) is 42.5 Å². The first-order valence-corrected chi connectivity index (χ1v) is 10.9. The zero-order valence-electron chi connectivity index (χ0n) is 19.2. The van der Waals surface area contributed by atoms with Crippen molar-refractivity contribution in [2.45, 2.75) is 13.5 Å². The summed E-state index contributed by atoms with van der Waals surface area (Å²) in [5, 5.41) is 15.8. The molecular formula is C25H22N6O5. The fourth-order valence-corrected chi connectivity index (χ4v) is 3.15. The second-order valence-electron chi connectivity index (χ2n) is 7.64. The molecule has 1 aromatic heterocycles. The fraction of sp³-hybridized carbons (Fsp3) is 0.120. The number of tetrazole rings is 1. The molecule has 4 aromatic rings. The van der Waals surface area contributed by atoms with Gasteiger partial charge in [0, 0.05) is 0 Å². The molecule has 2 N–H and O–H groups in total. The summed E-state index contributed by atoms with van der Waals surface area (Å²) in [6.45, 7) is 1.30. The molecule has 0 aliphatic rings. The van der Waals surface area contributed by atoms with Crippen molar-refractivity contribution in [2.24, 2.45) is 0 Å². The van der Waals surface area contributed by atoms with E-state index in [9.17, 15) is 14.4 Å². The number of nitrogens with zero attached hydrogens (tertiary/aromatic N) is 4. The number of hydrogen-bond donors (Lipinski definition) is 2. The lowest BCUT2D eigenvalue weighted by Gasteiger charge is -2.13. The lowest BCUT2D eigenvalue weighted by Crippen LogP contribution is -2.23. The number of esters is 1. The Morgan fingerprint density at radius 1 is 0.861 bits per heavy atom. The van der Waals surface area contributed by atoms with Crippen molar-refractivity contribution in [3.63, 3.8) is 0 Å². The van der Waals surface area contributed by atoms with Crippen LogP contribution in [0, 0.1) is 6.92 Å². The van der Waals surface area contributed by atoms with Crippen molar-refractivity contribution >= 4 is 29.2 Å². The van der Waals surface area contributed by atoms with Crippen molar-refractivity contribution < 1.29 is 23.9 Å². The standard InChI is InChI=1S/C25H22N6O5/c1-17-10-12-18(13-11-17)36-22-9-5-4-8-21(22)28-24(33)15-35-25(34)19-6-2-3-7-20(19)27-23(32)14-31-16-26-29-30-31/h2-13,16H,14-15H2,1H3,(H,27,32)(H,28,33). The Bertz CT molecular complexity index is 1360. The first kappa shape index (κ1) is 24.1. The molecule has 0 saturated heterocycles. The summed E-state index contributed by atoms with van der Waals surface area (Å²) in [7, 11) is 0. The number of benzene rings is 3. The summed E-state index contributed by atoms with van der Waals surface area (Å²) in [6, 6.07) is 20.7. The Morgan fingerprint density at radius 2 is 1.56 bits per heavy atom. The van der Waals surface area contributed by atoms with Crippen LogP contribution < -0.4 is 15.4 Å². The zero-order chi connectivity index (χ0) is 25.3. The highest BCUT2D eigenvalue weighted by Gasteiger charge is 2.17. The first-order valence-electron chi connectivity index (χ1n) is 10.9. The van der Waals surface area contributed by atoms with Gasteiger partial charge in [0.1, 0.15) is 18.6 Å². The Hall–Kier alpha value is -5.06. The second kappa shape index (κ2) is 11.4. The van der Waals surface area contributed by atoms with Crippen molar-refractivity contribution in [3.8, 4) is 11.5 Å². The van der Waals surface area contributed by atoms with E-state index in [0.29, 0.717) is 17.2 Å². The molecule has 0 bridgehead atoms. The molecule has 0 radical (unpaired) electrons. The molecule has 11 heteroatoms. The summed E-state index contributed by atoms with van der Waals surface area (Å²) in [5.41, 5.74) is 1.85. The number of hydrogen-bond acceptors (Lipinski definition) is 8. The third-order valence-electron chi connectivity index (χ3n) is 4.86. The average Bonchev–Trinajstić information content (AvgIpc) is 3.38. The highest BCUT2D eigenvalue weighted by atomic mass is 16.5. The van der Waals surface area contributed by atoms with E-state index in [1.165, 1.54) is 17.1 Å². The smallest absolute Gasteiger partial charge is 0.340 e. The number of amides is 2. The van der Waals surface area contributed by atoms with Crippen LogP contribution >= 0.6 is 0 Å². The largest absolute Gasteiger partial charge is 0.455 e. The molecule has 0 spiro atoms. The molecule has 3 aromatic carbocycles. The highest BCUT2D eigenvalue weighted by Crippen LogP contribution is 2.29. The van der Waals surface area contributed by atoms with E-state index >= 15 is 0 Å². The number of nitrogens with one attached hydrogen (secondary N) is 2. The van der Waals surface area contributed by atoms with Crippen LogP contribution in [0.15, 0.2) is 79.1 Å². The number of para-hydroxylation sites is 3. The van der Waals surface area contributed by atoms with E-state index in [0.717, 1.165) is 5.56 Å². The molecule has 1 heterocycles. The van der Waals surface area contributed by atoms with E-state index in [1.807, 2.05) is 31.2 Å². The second-order valence-corrected chi connectivity index (χ2v) is 7.64. The Morgan fingerprint density at radius 3 is 2.31 bits per heavy atom. The lowest BCUT2D eigenvalue weighted by atomic mass is 10.2. The predicted molar refractivity (Wildman–Crippen MR) is 129 cm³/mol. The summed E-state index contributed by atoms with van der Waals surface area (Å²) in [6.07, 6.45) is 1.29. The van der Waals surface area contributed by atoms with Crippen LogP contribution in [0.25, 0.3) is 0 Å². The maximum atomic E-state index is 12.6. The molecule has 36 heavy (non-hydrogen) atoms. The van der Waals surface area contributed by atoms with Crippen LogP contribution in [-0.2, 0) is 20.9 Å². The molecule has 182 valence electrons. The van der Waals surface area contributed by atoms with Gasteiger partial charge in [-0.2, -0.15) is 0 Å². The maximum absolute atomic E-state index is 12.6. The minimum atomic E-state index is -0.771. The van der Waals surface area contributed by atoms with E-state index < -0.39 is 24.4 Å². The Balaban J connectivity index is 1.35. The van der Waals surface area contributed by atoms with E-state index in [-0.39, 0.29) is 17.8 Å². The minimum Gasteiger partial charge on any atom is -0.455 e. The molecule has 0 fully saturated rings. The van der Waals surface area contributed by atoms with Gasteiger partial charge in [-0.15, -0.1) is 5.10 Å². The van der Waals surface area contributed by atoms with Crippen LogP contribution in [0.4, 0.5) is 11.4 Å². The monoisotopic (exact) mass is 486 g/mol. The summed E-state index contributed by atoms with van der Waals surface area (Å²) in [5.74, 6) is -0.703. The molecule has 4 rings (SSSR count). The molecule has 2 amide bonds. The van der Waals surface area contributed by atoms with Crippen LogP contribution in [0.3, 0.4) is 0 Å². The molecular weight excluding hydrogens is 464 g/mol. The quantitative estimate of drug-likeness (QED) is 0.344. The first-order chi connectivity index (χ1) is 17.5. The number of ether oxygens (including phenoxy) is 2. The van der Waals surface area contributed by atoms with Crippen LogP contribution in [0.2, 0.25) is 0 Å². The third-order valence-corrected chi connectivity index (χ3v) is 4.86. The normalized spacial score (nSPS) is 10.4. The van der Waals surface area contributed by atoms with Gasteiger partial charge in [-0.1, -0.05) is 42.0 Å². The highest BCUT2D eigenvalue weighted by molar-refractivity contribution is 6.02. The summed E-state index contributed by atoms with van der Waals surface area (Å²) in [4.78, 5) is 37.4. The van der Waals surface area contributed by atoms with Gasteiger partial charge < -0.3 is 20.1 Å². The zero-order valence-corrected chi connectivity index (χ0v) is 19.2. The minimum absolute atomic E-state index is 0.0958. The van der Waals surface area contributed by atoms with E-state index in [2.05, 4.69) is 26.2 Å². The summed E-state index contributed by atoms with van der Waals surface area (Å²) < 4.78 is 12.3. The Kier molecular flexibility index (Phi) is 7.61. The molecule has 0 aliphatic carbocycles. The predicted octanol–water partition coefficient (Wildman–Crippen LogP) is 3.21. The fourth-order valence-electron chi connectivity index (χ4n) is 3.15. The van der Waals surface area contributed by atoms with Gasteiger partial charge in [-0.3, -0.25) is 9.59 Å². The van der Waals surface area contributed by atoms with E-state index in [4.69, 9.17) is 9.47 Å². The van der Waals surface area contributed by atoms with Gasteiger partial charge in [-0.25, -0.2) is 9.48 Å². The number of carbonyl (C=O) groups excluding carboxylic acids is 3. The van der Waals surface area contributed by atoms with Gasteiger partial charge >= 0.3 is 5.97 Å². The number of anilines is 2. The van der Waals surface area contributed by atoms with Crippen LogP contribution in [-0.4, -0.2) is 44.6 Å². The number of rotatable bonds is 9. The molecule has 0 unspecified atom stereocenters. The molecule has 0 aliphatic heterocycles. The molecule has 0 saturated carbocycles. The SMILES string of the molecule is Cc1ccc(Oc2ccccc2NC(=O)COC(=O)c2ccccc2NC(=O)Cn2cnnn2)cc1. The van der Waals surface area contributed by atoms with Crippen molar-refractivity contribution in [1.82, 2.24) is 20.2 Å². The van der Waals surface area contributed by atoms with Gasteiger partial charge in [0.2, 0.25) is 5.91 Å². The summed E-state index contributed by atoms with van der Waals surface area (Å²) >= 11 is 0.